The summed E-state index contributed by atoms with van der Waals surface area (Å²) in [5.74, 6) is 6.70. The van der Waals surface area contributed by atoms with Crippen molar-refractivity contribution in [3.05, 3.63) is 0 Å². The zero-order chi connectivity index (χ0) is 16.2. The summed E-state index contributed by atoms with van der Waals surface area (Å²) in [6.45, 7) is 8.24. The average Bonchev–Trinajstić information content (AvgIpc) is 2.58. The van der Waals surface area contributed by atoms with Gasteiger partial charge in [-0.2, -0.15) is 0 Å². The fourth-order valence-electron chi connectivity index (χ4n) is 4.23. The van der Waals surface area contributed by atoms with Gasteiger partial charge in [-0.1, -0.05) is 0 Å². The number of hydrogen-bond acceptors (Lipinski definition) is 5. The number of carbonyl (C=O) groups excluding carboxylic acids is 1. The van der Waals surface area contributed by atoms with E-state index in [-0.39, 0.29) is 0 Å². The van der Waals surface area contributed by atoms with Crippen LogP contribution in [0.4, 0.5) is 0 Å². The first-order valence-electron chi connectivity index (χ1n) is 9.32. The van der Waals surface area contributed by atoms with Gasteiger partial charge in [0.2, 0.25) is 5.91 Å². The molecule has 0 bridgehead atoms. The normalized spacial score (nSPS) is 27.5. The zero-order valence-corrected chi connectivity index (χ0v) is 14.6. The van der Waals surface area contributed by atoms with Crippen LogP contribution in [0.2, 0.25) is 0 Å². The molecule has 0 aliphatic carbocycles. The Morgan fingerprint density at radius 1 is 0.913 bits per heavy atom. The van der Waals surface area contributed by atoms with E-state index in [4.69, 9.17) is 5.84 Å². The quantitative estimate of drug-likeness (QED) is 0.752. The van der Waals surface area contributed by atoms with E-state index in [0.29, 0.717) is 11.8 Å². The van der Waals surface area contributed by atoms with Crippen LogP contribution in [0.3, 0.4) is 0 Å². The summed E-state index contributed by atoms with van der Waals surface area (Å²) >= 11 is 0. The van der Waals surface area contributed by atoms with Gasteiger partial charge in [-0.05, 0) is 51.7 Å². The zero-order valence-electron chi connectivity index (χ0n) is 14.6. The molecule has 6 nitrogen and oxygen atoms in total. The molecule has 0 aromatic carbocycles. The lowest BCUT2D eigenvalue weighted by molar-refractivity contribution is -0.134. The van der Waals surface area contributed by atoms with E-state index in [1.54, 1.807) is 0 Å². The number of rotatable bonds is 3. The summed E-state index contributed by atoms with van der Waals surface area (Å²) in [5, 5.41) is 1.88. The van der Waals surface area contributed by atoms with Crippen molar-refractivity contribution in [3.63, 3.8) is 0 Å². The topological polar surface area (TPSA) is 56.0 Å². The summed E-state index contributed by atoms with van der Waals surface area (Å²) in [4.78, 5) is 19.7. The average molecular weight is 323 g/mol. The monoisotopic (exact) mass is 323 g/mol. The molecule has 3 heterocycles. The highest BCUT2D eigenvalue weighted by atomic mass is 16.2. The Morgan fingerprint density at radius 2 is 1.52 bits per heavy atom. The second-order valence-electron chi connectivity index (χ2n) is 7.63. The number of piperidine rings is 2. The first kappa shape index (κ1) is 17.1. The van der Waals surface area contributed by atoms with E-state index >= 15 is 0 Å². The molecule has 3 saturated heterocycles. The summed E-state index contributed by atoms with van der Waals surface area (Å²) in [6, 6.07) is 0.734. The lowest BCUT2D eigenvalue weighted by atomic mass is 9.93. The van der Waals surface area contributed by atoms with Gasteiger partial charge in [-0.3, -0.25) is 15.5 Å². The van der Waals surface area contributed by atoms with Crippen LogP contribution in [0.1, 0.15) is 32.1 Å². The maximum atomic E-state index is 12.5. The van der Waals surface area contributed by atoms with E-state index in [1.165, 1.54) is 25.9 Å². The van der Waals surface area contributed by atoms with Crippen molar-refractivity contribution in [3.8, 4) is 0 Å². The molecule has 2 N–H and O–H groups in total. The number of amides is 1. The van der Waals surface area contributed by atoms with Gasteiger partial charge in [0.1, 0.15) is 0 Å². The molecule has 6 heteroatoms. The Morgan fingerprint density at radius 3 is 2.13 bits per heavy atom. The molecule has 0 saturated carbocycles. The van der Waals surface area contributed by atoms with Gasteiger partial charge < -0.3 is 9.80 Å². The van der Waals surface area contributed by atoms with Crippen LogP contribution in [-0.4, -0.2) is 91.1 Å². The van der Waals surface area contributed by atoms with Crippen LogP contribution in [0.15, 0.2) is 0 Å². The molecule has 3 aliphatic rings. The van der Waals surface area contributed by atoms with Gasteiger partial charge in [0, 0.05) is 51.7 Å². The SMILES string of the molecule is CN1CCC(N2CCN(C(=O)CC3CCN(N)CC3)CC2)CC1. The Balaban J connectivity index is 1.39. The summed E-state index contributed by atoms with van der Waals surface area (Å²) in [6.07, 6.45) is 5.42. The lowest BCUT2D eigenvalue weighted by Crippen LogP contribution is -2.54. The number of nitrogens with two attached hydrogens (primary N) is 1. The second kappa shape index (κ2) is 7.92. The van der Waals surface area contributed by atoms with Crippen LogP contribution in [0.5, 0.6) is 0 Å². The Bertz CT molecular complexity index is 380. The molecular formula is C17H33N5O. The summed E-state index contributed by atoms with van der Waals surface area (Å²) in [5.41, 5.74) is 0. The van der Waals surface area contributed by atoms with Crippen molar-refractivity contribution < 1.29 is 4.79 Å². The van der Waals surface area contributed by atoms with E-state index in [9.17, 15) is 4.79 Å². The molecule has 3 aliphatic heterocycles. The minimum absolute atomic E-state index is 0.364. The van der Waals surface area contributed by atoms with E-state index in [0.717, 1.165) is 64.6 Å². The number of hydrazine groups is 1. The van der Waals surface area contributed by atoms with Crippen molar-refractivity contribution in [2.75, 3.05) is 59.4 Å². The van der Waals surface area contributed by atoms with E-state index in [1.807, 2.05) is 5.01 Å². The third-order valence-electron chi connectivity index (χ3n) is 5.98. The maximum Gasteiger partial charge on any atom is 0.222 e. The highest BCUT2D eigenvalue weighted by Gasteiger charge is 2.29. The highest BCUT2D eigenvalue weighted by molar-refractivity contribution is 5.76. The van der Waals surface area contributed by atoms with E-state index in [2.05, 4.69) is 21.7 Å². The molecule has 0 radical (unpaired) electrons. The van der Waals surface area contributed by atoms with Gasteiger partial charge in [0.15, 0.2) is 0 Å². The molecule has 23 heavy (non-hydrogen) atoms. The van der Waals surface area contributed by atoms with Crippen molar-refractivity contribution in [1.29, 1.82) is 0 Å². The first-order valence-corrected chi connectivity index (χ1v) is 9.32. The van der Waals surface area contributed by atoms with Crippen molar-refractivity contribution in [2.24, 2.45) is 11.8 Å². The van der Waals surface area contributed by atoms with Crippen LogP contribution in [-0.2, 0) is 4.79 Å². The number of nitrogens with zero attached hydrogens (tertiary/aromatic N) is 4. The van der Waals surface area contributed by atoms with Crippen LogP contribution >= 0.6 is 0 Å². The Kier molecular flexibility index (Phi) is 5.91. The maximum absolute atomic E-state index is 12.5. The van der Waals surface area contributed by atoms with Gasteiger partial charge in [-0.25, -0.2) is 5.01 Å². The molecule has 0 aromatic rings. The smallest absolute Gasteiger partial charge is 0.222 e. The van der Waals surface area contributed by atoms with Gasteiger partial charge in [0.05, 0.1) is 0 Å². The molecule has 0 spiro atoms. The third-order valence-corrected chi connectivity index (χ3v) is 5.98. The van der Waals surface area contributed by atoms with E-state index < -0.39 is 0 Å². The van der Waals surface area contributed by atoms with Crippen LogP contribution < -0.4 is 5.84 Å². The molecule has 0 atom stereocenters. The fraction of sp³-hybridized carbons (Fsp3) is 0.941. The van der Waals surface area contributed by atoms with Crippen molar-refractivity contribution in [1.82, 2.24) is 19.7 Å². The Hall–Kier alpha value is -0.690. The summed E-state index contributed by atoms with van der Waals surface area (Å²) in [7, 11) is 2.21. The molecule has 0 unspecified atom stereocenters. The molecule has 3 rings (SSSR count). The van der Waals surface area contributed by atoms with Crippen LogP contribution in [0.25, 0.3) is 0 Å². The minimum Gasteiger partial charge on any atom is -0.340 e. The largest absolute Gasteiger partial charge is 0.340 e. The molecular weight excluding hydrogens is 290 g/mol. The minimum atomic E-state index is 0.364. The molecule has 132 valence electrons. The lowest BCUT2D eigenvalue weighted by Gasteiger charge is -2.42. The Labute approximate surface area is 140 Å². The van der Waals surface area contributed by atoms with Gasteiger partial charge in [0.25, 0.3) is 0 Å². The van der Waals surface area contributed by atoms with Crippen molar-refractivity contribution in [2.45, 2.75) is 38.1 Å². The first-order chi connectivity index (χ1) is 11.1. The van der Waals surface area contributed by atoms with Gasteiger partial charge in [-0.15, -0.1) is 0 Å². The molecule has 1 amide bonds. The van der Waals surface area contributed by atoms with Crippen molar-refractivity contribution >= 4 is 5.91 Å². The van der Waals surface area contributed by atoms with Crippen LogP contribution in [0, 0.1) is 5.92 Å². The standard InChI is InChI=1S/C17H33N5O/c1-19-6-4-16(5-7-19)20-10-12-21(13-11-20)17(23)14-15-2-8-22(18)9-3-15/h15-16H,2-14,18H2,1H3. The molecule has 3 fully saturated rings. The number of carbonyl (C=O) groups is 1. The predicted octanol–water partition coefficient (Wildman–Crippen LogP) is 0.201. The predicted molar refractivity (Wildman–Crippen MR) is 91.8 cm³/mol. The second-order valence-corrected chi connectivity index (χ2v) is 7.63. The summed E-state index contributed by atoms with van der Waals surface area (Å²) < 4.78 is 0. The number of piperazine rings is 1. The number of hydrogen-bond donors (Lipinski definition) is 1. The highest BCUT2D eigenvalue weighted by Crippen LogP contribution is 2.21. The third kappa shape index (κ3) is 4.66. The fourth-order valence-corrected chi connectivity index (χ4v) is 4.23. The number of likely N-dealkylation sites (tertiary alicyclic amines) is 1. The molecule has 0 aromatic heterocycles. The van der Waals surface area contributed by atoms with Gasteiger partial charge >= 0.3 is 0 Å².